The van der Waals surface area contributed by atoms with Gasteiger partial charge in [0, 0.05) is 43.5 Å². The third kappa shape index (κ3) is 4.06. The van der Waals surface area contributed by atoms with Crippen molar-refractivity contribution in [3.05, 3.63) is 75.4 Å². The Morgan fingerprint density at radius 2 is 1.80 bits per heavy atom. The first-order valence-corrected chi connectivity index (χ1v) is 9.64. The number of benzene rings is 1. The van der Waals surface area contributed by atoms with Gasteiger partial charge >= 0.3 is 0 Å². The molecule has 0 bridgehead atoms. The Hall–Kier alpha value is -3.59. The molecule has 1 amide bonds. The van der Waals surface area contributed by atoms with Crippen LogP contribution in [0.25, 0.3) is 11.4 Å². The largest absolute Gasteiger partial charge is 0.352 e. The molecule has 2 aromatic heterocycles. The summed E-state index contributed by atoms with van der Waals surface area (Å²) in [6.07, 6.45) is 1.70. The molecule has 152 valence electrons. The highest BCUT2D eigenvalue weighted by Gasteiger charge is 2.28. The van der Waals surface area contributed by atoms with Gasteiger partial charge in [0.1, 0.15) is 11.3 Å². The Balaban J connectivity index is 1.44. The topological polar surface area (TPSA) is 105 Å². The molecular weight excluding hydrogens is 408 g/mol. The van der Waals surface area contributed by atoms with Crippen molar-refractivity contribution in [3.8, 4) is 11.4 Å². The predicted octanol–water partition coefficient (Wildman–Crippen LogP) is 3.06. The molecule has 10 heteroatoms. The number of carbonyl (C=O) groups excluding carboxylic acids is 1. The molecule has 0 aliphatic carbocycles. The van der Waals surface area contributed by atoms with E-state index in [0.717, 1.165) is 5.69 Å². The van der Waals surface area contributed by atoms with Crippen molar-refractivity contribution >= 4 is 29.0 Å². The van der Waals surface area contributed by atoms with Crippen LogP contribution in [-0.2, 0) is 0 Å². The number of piperazine rings is 1. The summed E-state index contributed by atoms with van der Waals surface area (Å²) in [5, 5.41) is 20.1. The maximum atomic E-state index is 12.8. The lowest BCUT2D eigenvalue weighted by atomic mass is 10.1. The predicted molar refractivity (Wildman–Crippen MR) is 111 cm³/mol. The van der Waals surface area contributed by atoms with E-state index >= 15 is 0 Å². The quantitative estimate of drug-likeness (QED) is 0.468. The van der Waals surface area contributed by atoms with Crippen molar-refractivity contribution < 1.29 is 9.72 Å². The van der Waals surface area contributed by atoms with Crippen LogP contribution in [0.1, 0.15) is 10.4 Å². The highest BCUT2D eigenvalue weighted by atomic mass is 35.5. The van der Waals surface area contributed by atoms with E-state index < -0.39 is 10.8 Å². The number of rotatable bonds is 4. The first kappa shape index (κ1) is 19.7. The fourth-order valence-electron chi connectivity index (χ4n) is 3.29. The number of hydrogen-bond acceptors (Lipinski definition) is 7. The Morgan fingerprint density at radius 3 is 2.43 bits per heavy atom. The van der Waals surface area contributed by atoms with Crippen LogP contribution in [0.2, 0.25) is 5.02 Å². The maximum absolute atomic E-state index is 12.8. The minimum atomic E-state index is -0.571. The Morgan fingerprint density at radius 1 is 1.00 bits per heavy atom. The molecule has 1 aliphatic rings. The monoisotopic (exact) mass is 424 g/mol. The molecule has 0 spiro atoms. The zero-order valence-corrected chi connectivity index (χ0v) is 16.6. The van der Waals surface area contributed by atoms with Crippen LogP contribution in [0.3, 0.4) is 0 Å². The smallest absolute Gasteiger partial charge is 0.282 e. The van der Waals surface area contributed by atoms with E-state index in [9.17, 15) is 14.9 Å². The normalized spacial score (nSPS) is 13.9. The van der Waals surface area contributed by atoms with Gasteiger partial charge in [0.15, 0.2) is 5.82 Å². The summed E-state index contributed by atoms with van der Waals surface area (Å²) >= 11 is 5.94. The standard InChI is InChI=1S/C20H17ClN6O3/c21-14-4-6-18(27(29)30)15(13-14)20(28)26-11-9-25(10-12-26)19-7-5-17(23-24-19)16-3-1-2-8-22-16/h1-8,13H,9-12H2. The first-order chi connectivity index (χ1) is 14.5. The van der Waals surface area contributed by atoms with Gasteiger partial charge in [-0.05, 0) is 36.4 Å². The van der Waals surface area contributed by atoms with Gasteiger partial charge in [-0.1, -0.05) is 17.7 Å². The molecule has 0 radical (unpaired) electrons. The van der Waals surface area contributed by atoms with Gasteiger partial charge in [0.25, 0.3) is 11.6 Å². The summed E-state index contributed by atoms with van der Waals surface area (Å²) in [5.74, 6) is 0.302. The summed E-state index contributed by atoms with van der Waals surface area (Å²) in [7, 11) is 0. The molecule has 1 fully saturated rings. The molecule has 9 nitrogen and oxygen atoms in total. The van der Waals surface area contributed by atoms with Crippen LogP contribution in [0.5, 0.6) is 0 Å². The molecule has 0 atom stereocenters. The number of halogens is 1. The summed E-state index contributed by atoms with van der Waals surface area (Å²) in [5.41, 5.74) is 1.18. The van der Waals surface area contributed by atoms with Crippen molar-refractivity contribution in [2.75, 3.05) is 31.1 Å². The van der Waals surface area contributed by atoms with Crippen LogP contribution in [-0.4, -0.2) is 57.1 Å². The minimum Gasteiger partial charge on any atom is -0.352 e. The third-order valence-corrected chi connectivity index (χ3v) is 5.09. The summed E-state index contributed by atoms with van der Waals surface area (Å²) in [4.78, 5) is 31.4. The van der Waals surface area contributed by atoms with Crippen molar-refractivity contribution in [1.29, 1.82) is 0 Å². The molecule has 3 heterocycles. The van der Waals surface area contributed by atoms with Crippen molar-refractivity contribution in [2.24, 2.45) is 0 Å². The minimum absolute atomic E-state index is 0.000422. The number of aromatic nitrogens is 3. The van der Waals surface area contributed by atoms with Crippen molar-refractivity contribution in [2.45, 2.75) is 0 Å². The van der Waals surface area contributed by atoms with Gasteiger partial charge in [0.2, 0.25) is 0 Å². The van der Waals surface area contributed by atoms with E-state index in [1.807, 2.05) is 35.2 Å². The van der Waals surface area contributed by atoms with Crippen LogP contribution in [0.4, 0.5) is 11.5 Å². The molecule has 1 aliphatic heterocycles. The zero-order valence-electron chi connectivity index (χ0n) is 15.8. The van der Waals surface area contributed by atoms with E-state index in [1.165, 1.54) is 18.2 Å². The SMILES string of the molecule is O=C(c1cc(Cl)ccc1[N+](=O)[O-])N1CCN(c2ccc(-c3ccccn3)nn2)CC1. The van der Waals surface area contributed by atoms with E-state index in [-0.39, 0.29) is 16.3 Å². The maximum Gasteiger partial charge on any atom is 0.282 e. The Bertz CT molecular complexity index is 1070. The van der Waals surface area contributed by atoms with Gasteiger partial charge in [-0.3, -0.25) is 19.9 Å². The van der Waals surface area contributed by atoms with Gasteiger partial charge < -0.3 is 9.80 Å². The summed E-state index contributed by atoms with van der Waals surface area (Å²) in [6, 6.07) is 13.3. The number of nitro benzene ring substituents is 1. The lowest BCUT2D eigenvalue weighted by Gasteiger charge is -2.35. The van der Waals surface area contributed by atoms with E-state index in [2.05, 4.69) is 15.2 Å². The molecule has 0 saturated carbocycles. The second kappa shape index (κ2) is 8.42. The molecular formula is C20H17ClN6O3. The number of amides is 1. The van der Waals surface area contributed by atoms with Gasteiger partial charge in [0.05, 0.1) is 10.6 Å². The zero-order chi connectivity index (χ0) is 21.1. The molecule has 4 rings (SSSR count). The molecule has 1 saturated heterocycles. The van der Waals surface area contributed by atoms with E-state index in [4.69, 9.17) is 11.6 Å². The van der Waals surface area contributed by atoms with Crippen LogP contribution >= 0.6 is 11.6 Å². The fraction of sp³-hybridized carbons (Fsp3) is 0.200. The first-order valence-electron chi connectivity index (χ1n) is 9.26. The van der Waals surface area contributed by atoms with Gasteiger partial charge in [-0.25, -0.2) is 0 Å². The molecule has 3 aromatic rings. The average Bonchev–Trinajstić information content (AvgIpc) is 2.79. The van der Waals surface area contributed by atoms with Crippen molar-refractivity contribution in [3.63, 3.8) is 0 Å². The summed E-state index contributed by atoms with van der Waals surface area (Å²) in [6.45, 7) is 1.90. The van der Waals surface area contributed by atoms with Crippen LogP contribution in [0, 0.1) is 10.1 Å². The molecule has 0 N–H and O–H groups in total. The third-order valence-electron chi connectivity index (χ3n) is 4.85. The number of hydrogen-bond donors (Lipinski definition) is 0. The number of anilines is 1. The number of carbonyl (C=O) groups is 1. The number of nitrogens with zero attached hydrogens (tertiary/aromatic N) is 6. The lowest BCUT2D eigenvalue weighted by molar-refractivity contribution is -0.385. The van der Waals surface area contributed by atoms with Crippen molar-refractivity contribution in [1.82, 2.24) is 20.1 Å². The Labute approximate surface area is 177 Å². The Kier molecular flexibility index (Phi) is 5.53. The van der Waals surface area contributed by atoms with E-state index in [0.29, 0.717) is 37.7 Å². The highest BCUT2D eigenvalue weighted by molar-refractivity contribution is 6.31. The number of nitro groups is 1. The summed E-state index contributed by atoms with van der Waals surface area (Å²) < 4.78 is 0. The average molecular weight is 425 g/mol. The highest BCUT2D eigenvalue weighted by Crippen LogP contribution is 2.25. The van der Waals surface area contributed by atoms with Crippen LogP contribution in [0.15, 0.2) is 54.7 Å². The molecule has 30 heavy (non-hydrogen) atoms. The van der Waals surface area contributed by atoms with E-state index in [1.54, 1.807) is 11.1 Å². The number of pyridine rings is 1. The molecule has 1 aromatic carbocycles. The second-order valence-corrected chi connectivity index (χ2v) is 7.13. The van der Waals surface area contributed by atoms with Gasteiger partial charge in [-0.2, -0.15) is 0 Å². The fourth-order valence-corrected chi connectivity index (χ4v) is 3.46. The second-order valence-electron chi connectivity index (χ2n) is 6.69. The van der Waals surface area contributed by atoms with Crippen LogP contribution < -0.4 is 4.90 Å². The van der Waals surface area contributed by atoms with Gasteiger partial charge in [-0.15, -0.1) is 10.2 Å². The molecule has 0 unspecified atom stereocenters. The lowest BCUT2D eigenvalue weighted by Crippen LogP contribution is -2.49.